The minimum atomic E-state index is -4.46. The van der Waals surface area contributed by atoms with Gasteiger partial charge in [0.15, 0.2) is 6.54 Å². The number of benzene rings is 1. The summed E-state index contributed by atoms with van der Waals surface area (Å²) in [5, 5.41) is 2.46. The molecule has 2 aliphatic rings. The van der Waals surface area contributed by atoms with Crippen molar-refractivity contribution < 1.29 is 22.9 Å². The summed E-state index contributed by atoms with van der Waals surface area (Å²) in [5.41, 5.74) is -0.943. The Balaban J connectivity index is 1.58. The highest BCUT2D eigenvalue weighted by molar-refractivity contribution is 5.92. The standard InChI is InChI=1S/C18H23F3N2O/c19-18(20,21)15-7-3-4-8-16(15)22-17(24)12-23-10-9-13-5-1-2-6-14(13)11-23/h3-4,7-8,13-14H,1-2,5-6,9-12H2,(H,22,24)/p+1/t13-,14-/m1/s1. The van der Waals surface area contributed by atoms with Crippen LogP contribution in [-0.4, -0.2) is 25.5 Å². The van der Waals surface area contributed by atoms with E-state index < -0.39 is 11.7 Å². The number of carbonyl (C=O) groups is 1. The number of quaternary nitrogens is 1. The van der Waals surface area contributed by atoms with Gasteiger partial charge in [-0.2, -0.15) is 13.2 Å². The zero-order valence-electron chi connectivity index (χ0n) is 13.7. The normalized spacial score (nSPS) is 27.4. The van der Waals surface area contributed by atoms with E-state index >= 15 is 0 Å². The molecule has 1 amide bonds. The van der Waals surface area contributed by atoms with Gasteiger partial charge in [0.25, 0.3) is 5.91 Å². The van der Waals surface area contributed by atoms with Gasteiger partial charge in [0.2, 0.25) is 0 Å². The van der Waals surface area contributed by atoms with Crippen LogP contribution in [0, 0.1) is 11.8 Å². The Hall–Kier alpha value is -1.56. The van der Waals surface area contributed by atoms with Crippen LogP contribution in [0.4, 0.5) is 18.9 Å². The fourth-order valence-corrected chi connectivity index (χ4v) is 4.22. The number of rotatable bonds is 3. The van der Waals surface area contributed by atoms with Gasteiger partial charge in [0.1, 0.15) is 0 Å². The quantitative estimate of drug-likeness (QED) is 0.871. The molecule has 3 atom stereocenters. The van der Waals surface area contributed by atoms with Gasteiger partial charge in [0, 0.05) is 5.92 Å². The highest BCUT2D eigenvalue weighted by Crippen LogP contribution is 2.34. The summed E-state index contributed by atoms with van der Waals surface area (Å²) < 4.78 is 39.0. The predicted octanol–water partition coefficient (Wildman–Crippen LogP) is 2.74. The molecule has 3 rings (SSSR count). The van der Waals surface area contributed by atoms with Gasteiger partial charge in [-0.3, -0.25) is 4.79 Å². The van der Waals surface area contributed by atoms with E-state index in [-0.39, 0.29) is 18.1 Å². The summed E-state index contributed by atoms with van der Waals surface area (Å²) in [7, 11) is 0. The number of likely N-dealkylation sites (tertiary alicyclic amines) is 1. The van der Waals surface area contributed by atoms with Crippen molar-refractivity contribution in [2.75, 3.05) is 25.0 Å². The van der Waals surface area contributed by atoms with Gasteiger partial charge in [-0.1, -0.05) is 25.0 Å². The number of anilines is 1. The topological polar surface area (TPSA) is 33.5 Å². The summed E-state index contributed by atoms with van der Waals surface area (Å²) in [5.74, 6) is 1.13. The molecular formula is C18H24F3N2O+. The Morgan fingerprint density at radius 2 is 1.83 bits per heavy atom. The molecule has 2 fully saturated rings. The second kappa shape index (κ2) is 7.13. The van der Waals surface area contributed by atoms with E-state index in [9.17, 15) is 18.0 Å². The van der Waals surface area contributed by atoms with Crippen molar-refractivity contribution in [3.8, 4) is 0 Å². The molecule has 132 valence electrons. The maximum Gasteiger partial charge on any atom is 0.418 e. The van der Waals surface area contributed by atoms with Crippen LogP contribution in [0.25, 0.3) is 0 Å². The van der Waals surface area contributed by atoms with Crippen molar-refractivity contribution in [2.45, 2.75) is 38.3 Å². The molecule has 0 spiro atoms. The average Bonchev–Trinajstić information content (AvgIpc) is 2.54. The Morgan fingerprint density at radius 1 is 1.12 bits per heavy atom. The molecule has 1 aromatic rings. The number of nitrogens with one attached hydrogen (secondary N) is 2. The smallest absolute Gasteiger partial charge is 0.327 e. The highest BCUT2D eigenvalue weighted by atomic mass is 19.4. The molecular weight excluding hydrogens is 317 g/mol. The van der Waals surface area contributed by atoms with Crippen molar-refractivity contribution in [1.29, 1.82) is 0 Å². The van der Waals surface area contributed by atoms with Gasteiger partial charge in [-0.15, -0.1) is 0 Å². The minimum absolute atomic E-state index is 0.151. The number of hydrogen-bond donors (Lipinski definition) is 2. The van der Waals surface area contributed by atoms with Gasteiger partial charge < -0.3 is 10.2 Å². The number of amides is 1. The van der Waals surface area contributed by atoms with E-state index in [1.165, 1.54) is 48.8 Å². The largest absolute Gasteiger partial charge is 0.418 e. The lowest BCUT2D eigenvalue weighted by atomic mass is 9.75. The zero-order valence-corrected chi connectivity index (χ0v) is 13.7. The van der Waals surface area contributed by atoms with E-state index in [0.717, 1.165) is 31.5 Å². The second-order valence-electron chi connectivity index (χ2n) is 7.07. The Kier molecular flexibility index (Phi) is 5.13. The fraction of sp³-hybridized carbons (Fsp3) is 0.611. The van der Waals surface area contributed by atoms with Gasteiger partial charge in [-0.25, -0.2) is 0 Å². The fourth-order valence-electron chi connectivity index (χ4n) is 4.22. The number of hydrogen-bond acceptors (Lipinski definition) is 1. The molecule has 1 saturated carbocycles. The van der Waals surface area contributed by atoms with Crippen molar-refractivity contribution in [2.24, 2.45) is 11.8 Å². The van der Waals surface area contributed by atoms with Crippen molar-refractivity contribution in [1.82, 2.24) is 0 Å². The van der Waals surface area contributed by atoms with Gasteiger partial charge >= 0.3 is 6.18 Å². The molecule has 6 heteroatoms. The van der Waals surface area contributed by atoms with Crippen molar-refractivity contribution in [3.05, 3.63) is 29.8 Å². The van der Waals surface area contributed by atoms with Crippen LogP contribution in [-0.2, 0) is 11.0 Å². The summed E-state index contributed by atoms with van der Waals surface area (Å²) in [4.78, 5) is 13.4. The molecule has 1 aromatic carbocycles. The summed E-state index contributed by atoms with van der Waals surface area (Å²) in [6.07, 6.45) is 1.77. The molecule has 1 unspecified atom stereocenters. The maximum absolute atomic E-state index is 13.0. The van der Waals surface area contributed by atoms with Crippen LogP contribution in [0.5, 0.6) is 0 Å². The Morgan fingerprint density at radius 3 is 2.58 bits per heavy atom. The average molecular weight is 341 g/mol. The molecule has 24 heavy (non-hydrogen) atoms. The molecule has 1 aliphatic carbocycles. The first-order chi connectivity index (χ1) is 11.4. The summed E-state index contributed by atoms with van der Waals surface area (Å²) in [6.45, 7) is 2.16. The number of para-hydroxylation sites is 1. The van der Waals surface area contributed by atoms with Crippen LogP contribution in [0.3, 0.4) is 0 Å². The molecule has 3 nitrogen and oxygen atoms in total. The third-order valence-electron chi connectivity index (χ3n) is 5.40. The van der Waals surface area contributed by atoms with Crippen LogP contribution in [0.1, 0.15) is 37.7 Å². The first kappa shape index (κ1) is 17.3. The number of alkyl halides is 3. The van der Waals surface area contributed by atoms with Crippen LogP contribution in [0.15, 0.2) is 24.3 Å². The molecule has 2 N–H and O–H groups in total. The van der Waals surface area contributed by atoms with Crippen LogP contribution >= 0.6 is 0 Å². The van der Waals surface area contributed by atoms with Crippen LogP contribution in [0.2, 0.25) is 0 Å². The lowest BCUT2D eigenvalue weighted by molar-refractivity contribution is -0.902. The van der Waals surface area contributed by atoms with Gasteiger partial charge in [-0.05, 0) is 37.3 Å². The summed E-state index contributed by atoms with van der Waals surface area (Å²) >= 11 is 0. The number of fused-ring (bicyclic) bond motifs is 1. The molecule has 0 radical (unpaired) electrons. The summed E-state index contributed by atoms with van der Waals surface area (Å²) in [6, 6.07) is 5.14. The highest BCUT2D eigenvalue weighted by Gasteiger charge is 2.36. The Bertz CT molecular complexity index is 588. The SMILES string of the molecule is O=C(C[NH+]1CC[C@H]2CCCC[C@@H]2C1)Nc1ccccc1C(F)(F)F. The van der Waals surface area contributed by atoms with Crippen LogP contribution < -0.4 is 10.2 Å². The van der Waals surface area contributed by atoms with E-state index in [1.54, 1.807) is 0 Å². The van der Waals surface area contributed by atoms with E-state index in [0.29, 0.717) is 5.92 Å². The maximum atomic E-state index is 13.0. The van der Waals surface area contributed by atoms with Crippen molar-refractivity contribution in [3.63, 3.8) is 0 Å². The van der Waals surface area contributed by atoms with E-state index in [4.69, 9.17) is 0 Å². The third kappa shape index (κ3) is 4.09. The van der Waals surface area contributed by atoms with E-state index in [2.05, 4.69) is 5.32 Å². The molecule has 1 saturated heterocycles. The number of carbonyl (C=O) groups excluding carboxylic acids is 1. The minimum Gasteiger partial charge on any atom is -0.327 e. The monoisotopic (exact) mass is 341 g/mol. The van der Waals surface area contributed by atoms with E-state index in [1.807, 2.05) is 0 Å². The number of piperidine rings is 1. The molecule has 0 bridgehead atoms. The number of halogens is 3. The second-order valence-corrected chi connectivity index (χ2v) is 7.07. The zero-order chi connectivity index (χ0) is 17.2. The Labute approximate surface area is 140 Å². The van der Waals surface area contributed by atoms with Crippen molar-refractivity contribution >= 4 is 11.6 Å². The molecule has 1 heterocycles. The third-order valence-corrected chi connectivity index (χ3v) is 5.40. The predicted molar refractivity (Wildman–Crippen MR) is 85.7 cm³/mol. The lowest BCUT2D eigenvalue weighted by Gasteiger charge is -2.38. The lowest BCUT2D eigenvalue weighted by Crippen LogP contribution is -3.15. The first-order valence-electron chi connectivity index (χ1n) is 8.73. The first-order valence-corrected chi connectivity index (χ1v) is 8.73. The molecule has 0 aromatic heterocycles. The van der Waals surface area contributed by atoms with Gasteiger partial charge in [0.05, 0.1) is 24.3 Å². The molecule has 1 aliphatic heterocycles.